The highest BCUT2D eigenvalue weighted by Crippen LogP contribution is 2.47. The number of alkyl halides is 3. The van der Waals surface area contributed by atoms with E-state index < -0.39 is 36.0 Å². The summed E-state index contributed by atoms with van der Waals surface area (Å²) in [6.07, 6.45) is -6.12. The first-order chi connectivity index (χ1) is 7.61. The molecule has 1 saturated heterocycles. The first-order valence-corrected chi connectivity index (χ1v) is 4.83. The van der Waals surface area contributed by atoms with Crippen molar-refractivity contribution in [3.8, 4) is 0 Å². The molecule has 98 valence electrons. The van der Waals surface area contributed by atoms with Crippen LogP contribution in [0.2, 0.25) is 0 Å². The second-order valence-corrected chi connectivity index (χ2v) is 4.21. The molecule has 1 heterocycles. The van der Waals surface area contributed by atoms with Gasteiger partial charge in [-0.2, -0.15) is 13.2 Å². The lowest BCUT2D eigenvalue weighted by Crippen LogP contribution is -2.53. The standard InChI is InChI=1S/C9H12F3NO4/c1-13-3-2-8(7(16)17,4-5(14)15)6(13)9(10,11)12/h6H,2-4H2,1H3,(H,14,15)(H,16,17)/t6-,8-/m0/s1. The van der Waals surface area contributed by atoms with Crippen LogP contribution in [0.15, 0.2) is 0 Å². The van der Waals surface area contributed by atoms with E-state index in [1.807, 2.05) is 0 Å². The number of carbonyl (C=O) groups is 2. The summed E-state index contributed by atoms with van der Waals surface area (Å²) < 4.78 is 38.5. The van der Waals surface area contributed by atoms with Crippen LogP contribution in [0.3, 0.4) is 0 Å². The number of nitrogens with zero attached hydrogens (tertiary/aromatic N) is 1. The molecule has 0 bridgehead atoms. The van der Waals surface area contributed by atoms with E-state index in [-0.39, 0.29) is 13.0 Å². The summed E-state index contributed by atoms with van der Waals surface area (Å²) >= 11 is 0. The molecule has 8 heteroatoms. The lowest BCUT2D eigenvalue weighted by Gasteiger charge is -2.33. The second-order valence-electron chi connectivity index (χ2n) is 4.21. The van der Waals surface area contributed by atoms with E-state index >= 15 is 0 Å². The number of hydrogen-bond donors (Lipinski definition) is 2. The Bertz CT molecular complexity index is 344. The molecule has 0 aromatic carbocycles. The van der Waals surface area contributed by atoms with Crippen molar-refractivity contribution in [3.05, 3.63) is 0 Å². The van der Waals surface area contributed by atoms with Gasteiger partial charge in [-0.25, -0.2) is 0 Å². The molecule has 0 aromatic rings. The van der Waals surface area contributed by atoms with Gasteiger partial charge in [0, 0.05) is 0 Å². The van der Waals surface area contributed by atoms with Crippen molar-refractivity contribution in [3.63, 3.8) is 0 Å². The maximum Gasteiger partial charge on any atom is 0.405 e. The fraction of sp³-hybridized carbons (Fsp3) is 0.778. The zero-order valence-electron chi connectivity index (χ0n) is 8.99. The minimum atomic E-state index is -4.76. The predicted molar refractivity (Wildman–Crippen MR) is 49.4 cm³/mol. The predicted octanol–water partition coefficient (Wildman–Crippen LogP) is 0.798. The van der Waals surface area contributed by atoms with Crippen molar-refractivity contribution < 1.29 is 33.0 Å². The highest BCUT2D eigenvalue weighted by Gasteiger charge is 2.63. The Kier molecular flexibility index (Phi) is 3.37. The van der Waals surface area contributed by atoms with Gasteiger partial charge in [0.15, 0.2) is 0 Å². The molecule has 0 saturated carbocycles. The van der Waals surface area contributed by atoms with Crippen LogP contribution in [0.4, 0.5) is 13.2 Å². The van der Waals surface area contributed by atoms with Crippen molar-refractivity contribution in [2.24, 2.45) is 5.41 Å². The average Bonchev–Trinajstić information content (AvgIpc) is 2.41. The molecule has 1 aliphatic heterocycles. The Morgan fingerprint density at radius 2 is 1.94 bits per heavy atom. The molecule has 0 spiro atoms. The minimum Gasteiger partial charge on any atom is -0.481 e. The van der Waals surface area contributed by atoms with Gasteiger partial charge >= 0.3 is 18.1 Å². The third-order valence-electron chi connectivity index (χ3n) is 3.08. The van der Waals surface area contributed by atoms with Crippen LogP contribution in [-0.4, -0.2) is 52.9 Å². The quantitative estimate of drug-likeness (QED) is 0.779. The van der Waals surface area contributed by atoms with E-state index in [4.69, 9.17) is 10.2 Å². The normalized spacial score (nSPS) is 30.5. The number of carboxylic acid groups (broad SMARTS) is 2. The minimum absolute atomic E-state index is 0.0935. The van der Waals surface area contributed by atoms with Gasteiger partial charge in [0.2, 0.25) is 0 Å². The zero-order valence-corrected chi connectivity index (χ0v) is 8.99. The van der Waals surface area contributed by atoms with Crippen molar-refractivity contribution in [1.29, 1.82) is 0 Å². The largest absolute Gasteiger partial charge is 0.481 e. The van der Waals surface area contributed by atoms with E-state index in [9.17, 15) is 22.8 Å². The molecule has 0 radical (unpaired) electrons. The molecule has 2 N–H and O–H groups in total. The van der Waals surface area contributed by atoms with Crippen LogP contribution in [0.1, 0.15) is 12.8 Å². The van der Waals surface area contributed by atoms with Crippen molar-refractivity contribution in [2.75, 3.05) is 13.6 Å². The Labute approximate surface area is 94.8 Å². The molecule has 17 heavy (non-hydrogen) atoms. The summed E-state index contributed by atoms with van der Waals surface area (Å²) in [5.41, 5.74) is -2.29. The number of halogens is 3. The van der Waals surface area contributed by atoms with E-state index in [1.165, 1.54) is 0 Å². The topological polar surface area (TPSA) is 77.8 Å². The van der Waals surface area contributed by atoms with E-state index in [2.05, 4.69) is 0 Å². The Morgan fingerprint density at radius 1 is 1.41 bits per heavy atom. The van der Waals surface area contributed by atoms with Crippen LogP contribution < -0.4 is 0 Å². The summed E-state index contributed by atoms with van der Waals surface area (Å²) in [7, 11) is 1.14. The molecule has 5 nitrogen and oxygen atoms in total. The lowest BCUT2D eigenvalue weighted by atomic mass is 9.77. The van der Waals surface area contributed by atoms with E-state index in [1.54, 1.807) is 0 Å². The number of rotatable bonds is 3. The fourth-order valence-electron chi connectivity index (χ4n) is 2.38. The molecule has 1 rings (SSSR count). The summed E-state index contributed by atoms with van der Waals surface area (Å²) in [6, 6.07) is -2.26. The van der Waals surface area contributed by atoms with Gasteiger partial charge in [0.25, 0.3) is 0 Å². The van der Waals surface area contributed by atoms with E-state index in [0.717, 1.165) is 11.9 Å². The molecule has 0 aliphatic carbocycles. The molecule has 1 fully saturated rings. The zero-order chi connectivity index (χ0) is 13.4. The molecule has 1 aliphatic rings. The number of carboxylic acids is 2. The van der Waals surface area contributed by atoms with Gasteiger partial charge in [-0.1, -0.05) is 0 Å². The van der Waals surface area contributed by atoms with Gasteiger partial charge in [0.05, 0.1) is 6.42 Å². The molecule has 0 aromatic heterocycles. The summed E-state index contributed by atoms with van der Waals surface area (Å²) in [5.74, 6) is -3.26. The van der Waals surface area contributed by atoms with Crippen LogP contribution >= 0.6 is 0 Å². The summed E-state index contributed by atoms with van der Waals surface area (Å²) in [5, 5.41) is 17.6. The third kappa shape index (κ3) is 2.36. The average molecular weight is 255 g/mol. The van der Waals surface area contributed by atoms with Gasteiger partial charge in [0.1, 0.15) is 11.5 Å². The van der Waals surface area contributed by atoms with Crippen molar-refractivity contribution in [1.82, 2.24) is 4.90 Å². The monoisotopic (exact) mass is 255 g/mol. The van der Waals surface area contributed by atoms with Gasteiger partial charge in [-0.15, -0.1) is 0 Å². The third-order valence-corrected chi connectivity index (χ3v) is 3.08. The first-order valence-electron chi connectivity index (χ1n) is 4.83. The highest BCUT2D eigenvalue weighted by atomic mass is 19.4. The van der Waals surface area contributed by atoms with Gasteiger partial charge in [-0.3, -0.25) is 14.5 Å². The fourth-order valence-corrected chi connectivity index (χ4v) is 2.38. The Balaban J connectivity index is 3.20. The second kappa shape index (κ2) is 4.17. The number of likely N-dealkylation sites (tertiary alicyclic amines) is 1. The molecular formula is C9H12F3NO4. The summed E-state index contributed by atoms with van der Waals surface area (Å²) in [4.78, 5) is 22.5. The molecule has 0 unspecified atom stereocenters. The SMILES string of the molecule is CN1CC[C@@](CC(=O)O)(C(=O)O)[C@H]1C(F)(F)F. The van der Waals surface area contributed by atoms with Gasteiger partial charge in [-0.05, 0) is 20.0 Å². The Hall–Kier alpha value is -1.31. The Morgan fingerprint density at radius 3 is 2.29 bits per heavy atom. The first kappa shape index (κ1) is 13.8. The van der Waals surface area contributed by atoms with Crippen LogP contribution in [0.25, 0.3) is 0 Å². The van der Waals surface area contributed by atoms with Crippen LogP contribution in [0, 0.1) is 5.41 Å². The smallest absolute Gasteiger partial charge is 0.405 e. The van der Waals surface area contributed by atoms with Crippen LogP contribution in [-0.2, 0) is 9.59 Å². The van der Waals surface area contributed by atoms with Crippen LogP contribution in [0.5, 0.6) is 0 Å². The molecular weight excluding hydrogens is 243 g/mol. The number of aliphatic carboxylic acids is 2. The maximum absolute atomic E-state index is 12.8. The molecule has 0 amide bonds. The summed E-state index contributed by atoms with van der Waals surface area (Å²) in [6.45, 7) is -0.0935. The molecule has 2 atom stereocenters. The lowest BCUT2D eigenvalue weighted by molar-refractivity contribution is -0.207. The van der Waals surface area contributed by atoms with Crippen molar-refractivity contribution in [2.45, 2.75) is 25.1 Å². The van der Waals surface area contributed by atoms with E-state index in [0.29, 0.717) is 0 Å². The van der Waals surface area contributed by atoms with Gasteiger partial charge < -0.3 is 10.2 Å². The number of hydrogen-bond acceptors (Lipinski definition) is 3. The maximum atomic E-state index is 12.8. The highest BCUT2D eigenvalue weighted by molar-refractivity contribution is 5.82. The van der Waals surface area contributed by atoms with Crippen molar-refractivity contribution >= 4 is 11.9 Å².